The van der Waals surface area contributed by atoms with Gasteiger partial charge in [-0.15, -0.1) is 11.3 Å². The molecular formula is C7H11NOS. The van der Waals surface area contributed by atoms with E-state index in [4.69, 9.17) is 5.11 Å². The summed E-state index contributed by atoms with van der Waals surface area (Å²) >= 11 is 1.63. The Hall–Kier alpha value is -0.410. The van der Waals surface area contributed by atoms with Gasteiger partial charge < -0.3 is 5.11 Å². The van der Waals surface area contributed by atoms with Gasteiger partial charge >= 0.3 is 0 Å². The fourth-order valence-electron chi connectivity index (χ4n) is 0.933. The van der Waals surface area contributed by atoms with Crippen molar-refractivity contribution in [1.29, 1.82) is 0 Å². The molecular weight excluding hydrogens is 146 g/mol. The zero-order valence-electron chi connectivity index (χ0n) is 6.38. The van der Waals surface area contributed by atoms with Gasteiger partial charge in [-0.3, -0.25) is 0 Å². The SMILES string of the molecule is Cc1nc([C@H](C)O)c(C)s1. The summed E-state index contributed by atoms with van der Waals surface area (Å²) in [6.45, 7) is 5.66. The molecule has 3 heteroatoms. The topological polar surface area (TPSA) is 33.1 Å². The zero-order valence-corrected chi connectivity index (χ0v) is 7.20. The summed E-state index contributed by atoms with van der Waals surface area (Å²) in [7, 11) is 0. The average molecular weight is 157 g/mol. The summed E-state index contributed by atoms with van der Waals surface area (Å²) in [5.41, 5.74) is 0.822. The van der Waals surface area contributed by atoms with E-state index in [9.17, 15) is 0 Å². The number of aryl methyl sites for hydroxylation is 2. The molecule has 0 fully saturated rings. The summed E-state index contributed by atoms with van der Waals surface area (Å²) in [5, 5.41) is 10.2. The van der Waals surface area contributed by atoms with E-state index in [1.165, 1.54) is 0 Å². The van der Waals surface area contributed by atoms with Crippen molar-refractivity contribution < 1.29 is 5.11 Å². The highest BCUT2D eigenvalue weighted by atomic mass is 32.1. The number of aliphatic hydroxyl groups excluding tert-OH is 1. The van der Waals surface area contributed by atoms with Crippen molar-refractivity contribution in [3.8, 4) is 0 Å². The van der Waals surface area contributed by atoms with E-state index >= 15 is 0 Å². The molecule has 0 unspecified atom stereocenters. The van der Waals surface area contributed by atoms with Crippen molar-refractivity contribution in [2.45, 2.75) is 26.9 Å². The van der Waals surface area contributed by atoms with E-state index in [2.05, 4.69) is 4.98 Å². The molecule has 0 radical (unpaired) electrons. The standard InChI is InChI=1S/C7H11NOS/c1-4(9)7-5(2)10-6(3)8-7/h4,9H,1-3H3/t4-/m0/s1. The third-order valence-corrected chi connectivity index (χ3v) is 2.24. The van der Waals surface area contributed by atoms with Crippen molar-refractivity contribution in [3.05, 3.63) is 15.6 Å². The molecule has 0 saturated carbocycles. The Bertz CT molecular complexity index is 230. The van der Waals surface area contributed by atoms with E-state index in [0.29, 0.717) is 0 Å². The van der Waals surface area contributed by atoms with Crippen LogP contribution in [0.5, 0.6) is 0 Å². The second kappa shape index (κ2) is 2.68. The molecule has 1 aromatic rings. The second-order valence-electron chi connectivity index (χ2n) is 2.35. The Morgan fingerprint density at radius 2 is 2.10 bits per heavy atom. The average Bonchev–Trinajstić information content (AvgIpc) is 2.10. The quantitative estimate of drug-likeness (QED) is 0.674. The molecule has 1 aromatic heterocycles. The molecule has 56 valence electrons. The lowest BCUT2D eigenvalue weighted by molar-refractivity contribution is 0.194. The van der Waals surface area contributed by atoms with Crippen LogP contribution >= 0.6 is 11.3 Å². The van der Waals surface area contributed by atoms with Crippen molar-refractivity contribution in [1.82, 2.24) is 4.98 Å². The first-order chi connectivity index (χ1) is 4.61. The Kier molecular flexibility index (Phi) is 2.06. The molecule has 0 amide bonds. The fraction of sp³-hybridized carbons (Fsp3) is 0.571. The highest BCUT2D eigenvalue weighted by Crippen LogP contribution is 2.21. The molecule has 0 aromatic carbocycles. The first-order valence-corrected chi connectivity index (χ1v) is 4.05. The van der Waals surface area contributed by atoms with Crippen molar-refractivity contribution >= 4 is 11.3 Å². The summed E-state index contributed by atoms with van der Waals surface area (Å²) in [5.74, 6) is 0. The number of rotatable bonds is 1. The van der Waals surface area contributed by atoms with Crippen LogP contribution in [0.2, 0.25) is 0 Å². The maximum Gasteiger partial charge on any atom is 0.0943 e. The third-order valence-electron chi connectivity index (χ3n) is 1.34. The fourth-order valence-corrected chi connectivity index (χ4v) is 1.84. The van der Waals surface area contributed by atoms with Gasteiger partial charge in [0.2, 0.25) is 0 Å². The van der Waals surface area contributed by atoms with Crippen LogP contribution in [0.25, 0.3) is 0 Å². The maximum absolute atomic E-state index is 9.16. The first kappa shape index (κ1) is 7.69. The Balaban J connectivity index is 3.03. The van der Waals surface area contributed by atoms with Crippen LogP contribution in [0.1, 0.15) is 28.6 Å². The van der Waals surface area contributed by atoms with Gasteiger partial charge in [-0.2, -0.15) is 0 Å². The van der Waals surface area contributed by atoms with Gasteiger partial charge in [-0.1, -0.05) is 0 Å². The molecule has 0 bridgehead atoms. The lowest BCUT2D eigenvalue weighted by Gasteiger charge is -1.98. The van der Waals surface area contributed by atoms with E-state index in [0.717, 1.165) is 15.6 Å². The van der Waals surface area contributed by atoms with Crippen LogP contribution in [0.4, 0.5) is 0 Å². The summed E-state index contributed by atoms with van der Waals surface area (Å²) < 4.78 is 0. The van der Waals surface area contributed by atoms with Crippen LogP contribution in [0, 0.1) is 13.8 Å². The Morgan fingerprint density at radius 3 is 2.30 bits per heavy atom. The summed E-state index contributed by atoms with van der Waals surface area (Å²) in [6, 6.07) is 0. The molecule has 0 aliphatic rings. The maximum atomic E-state index is 9.16. The van der Waals surface area contributed by atoms with Gasteiger partial charge in [0.15, 0.2) is 0 Å². The molecule has 1 heterocycles. The van der Waals surface area contributed by atoms with Crippen molar-refractivity contribution in [2.75, 3.05) is 0 Å². The summed E-state index contributed by atoms with van der Waals surface area (Å²) in [6.07, 6.45) is -0.426. The number of nitrogens with zero attached hydrogens (tertiary/aromatic N) is 1. The highest BCUT2D eigenvalue weighted by molar-refractivity contribution is 7.11. The smallest absolute Gasteiger partial charge is 0.0943 e. The van der Waals surface area contributed by atoms with Crippen molar-refractivity contribution in [3.63, 3.8) is 0 Å². The van der Waals surface area contributed by atoms with E-state index in [-0.39, 0.29) is 0 Å². The second-order valence-corrected chi connectivity index (χ2v) is 3.76. The van der Waals surface area contributed by atoms with Crippen LogP contribution < -0.4 is 0 Å². The zero-order chi connectivity index (χ0) is 7.72. The highest BCUT2D eigenvalue weighted by Gasteiger charge is 2.08. The molecule has 1 atom stereocenters. The van der Waals surface area contributed by atoms with Crippen LogP contribution in [0.15, 0.2) is 0 Å². The Morgan fingerprint density at radius 1 is 1.50 bits per heavy atom. The van der Waals surface area contributed by atoms with Crippen LogP contribution in [-0.4, -0.2) is 10.1 Å². The van der Waals surface area contributed by atoms with Gasteiger partial charge in [0.1, 0.15) is 0 Å². The van der Waals surface area contributed by atoms with Crippen LogP contribution in [-0.2, 0) is 0 Å². The molecule has 1 N–H and O–H groups in total. The predicted molar refractivity (Wildman–Crippen MR) is 42.2 cm³/mol. The molecule has 0 aliphatic heterocycles. The van der Waals surface area contributed by atoms with E-state index in [1.807, 2.05) is 13.8 Å². The Labute approximate surface area is 64.5 Å². The first-order valence-electron chi connectivity index (χ1n) is 3.23. The number of hydrogen-bond acceptors (Lipinski definition) is 3. The minimum absolute atomic E-state index is 0.426. The molecule has 0 saturated heterocycles. The van der Waals surface area contributed by atoms with Gasteiger partial charge in [0.05, 0.1) is 16.8 Å². The van der Waals surface area contributed by atoms with E-state index < -0.39 is 6.10 Å². The van der Waals surface area contributed by atoms with Gasteiger partial charge in [-0.25, -0.2) is 4.98 Å². The van der Waals surface area contributed by atoms with Gasteiger partial charge in [-0.05, 0) is 20.8 Å². The van der Waals surface area contributed by atoms with E-state index in [1.54, 1.807) is 18.3 Å². The molecule has 2 nitrogen and oxygen atoms in total. The molecule has 1 rings (SSSR count). The lowest BCUT2D eigenvalue weighted by Crippen LogP contribution is -1.92. The minimum Gasteiger partial charge on any atom is -0.387 e. The molecule has 0 spiro atoms. The predicted octanol–water partition coefficient (Wildman–Crippen LogP) is 1.81. The van der Waals surface area contributed by atoms with Crippen LogP contribution in [0.3, 0.4) is 0 Å². The monoisotopic (exact) mass is 157 g/mol. The molecule has 10 heavy (non-hydrogen) atoms. The lowest BCUT2D eigenvalue weighted by atomic mass is 10.3. The third kappa shape index (κ3) is 1.36. The van der Waals surface area contributed by atoms with Gasteiger partial charge in [0.25, 0.3) is 0 Å². The number of aromatic nitrogens is 1. The summed E-state index contributed by atoms with van der Waals surface area (Å²) in [4.78, 5) is 5.30. The van der Waals surface area contributed by atoms with Gasteiger partial charge in [0, 0.05) is 4.88 Å². The van der Waals surface area contributed by atoms with Crippen molar-refractivity contribution in [2.24, 2.45) is 0 Å². The number of hydrogen-bond donors (Lipinski definition) is 1. The number of aliphatic hydroxyl groups is 1. The minimum atomic E-state index is -0.426. The normalized spacial score (nSPS) is 13.6. The molecule has 0 aliphatic carbocycles. The largest absolute Gasteiger partial charge is 0.387 e. The number of thiazole rings is 1.